The third-order valence-corrected chi connectivity index (χ3v) is 6.79. The van der Waals surface area contributed by atoms with E-state index in [2.05, 4.69) is 11.7 Å². The van der Waals surface area contributed by atoms with Gasteiger partial charge < -0.3 is 4.74 Å². The zero-order chi connectivity index (χ0) is 19.1. The van der Waals surface area contributed by atoms with E-state index in [1.807, 2.05) is 6.07 Å². The van der Waals surface area contributed by atoms with Gasteiger partial charge in [-0.05, 0) is 78.9 Å². The van der Waals surface area contributed by atoms with Gasteiger partial charge in [-0.3, -0.25) is 0 Å². The van der Waals surface area contributed by atoms with Gasteiger partial charge in [0.25, 0.3) is 0 Å². The highest BCUT2D eigenvalue weighted by molar-refractivity contribution is 5.96. The molecule has 4 unspecified atom stereocenters. The fraction of sp³-hybridized carbons (Fsp3) is 0.522. The zero-order valence-corrected chi connectivity index (χ0v) is 15.9. The fourth-order valence-corrected chi connectivity index (χ4v) is 5.31. The molecule has 0 amide bonds. The van der Waals surface area contributed by atoms with Crippen molar-refractivity contribution in [2.45, 2.75) is 51.4 Å². The van der Waals surface area contributed by atoms with Gasteiger partial charge in [0.15, 0.2) is 0 Å². The van der Waals surface area contributed by atoms with E-state index in [-0.39, 0.29) is 22.7 Å². The van der Waals surface area contributed by atoms with Crippen molar-refractivity contribution < 1.29 is 18.3 Å². The van der Waals surface area contributed by atoms with E-state index in [9.17, 15) is 9.18 Å². The summed E-state index contributed by atoms with van der Waals surface area (Å²) in [6.45, 7) is 2.34. The Hall–Kier alpha value is -1.97. The van der Waals surface area contributed by atoms with E-state index < -0.39 is 11.8 Å². The first-order valence-corrected chi connectivity index (χ1v) is 9.98. The number of esters is 1. The second-order valence-electron chi connectivity index (χ2n) is 8.46. The molecule has 2 aliphatic rings. The van der Waals surface area contributed by atoms with Gasteiger partial charge in [-0.1, -0.05) is 25.5 Å². The van der Waals surface area contributed by atoms with Gasteiger partial charge in [-0.2, -0.15) is 0 Å². The van der Waals surface area contributed by atoms with E-state index in [0.29, 0.717) is 16.9 Å². The minimum absolute atomic E-state index is 0.158. The van der Waals surface area contributed by atoms with Gasteiger partial charge in [0, 0.05) is 5.39 Å². The van der Waals surface area contributed by atoms with Crippen molar-refractivity contribution in [3.8, 4) is 0 Å². The van der Waals surface area contributed by atoms with Crippen molar-refractivity contribution in [1.82, 2.24) is 0 Å². The van der Waals surface area contributed by atoms with Crippen molar-refractivity contribution in [3.05, 3.63) is 47.0 Å². The van der Waals surface area contributed by atoms with Gasteiger partial charge in [-0.25, -0.2) is 13.6 Å². The molecule has 2 aromatic carbocycles. The molecule has 0 saturated heterocycles. The summed E-state index contributed by atoms with van der Waals surface area (Å²) in [5, 5.41) is 0.773. The largest absolute Gasteiger partial charge is 0.465 e. The lowest BCUT2D eigenvalue weighted by Gasteiger charge is -2.41. The molecule has 2 fully saturated rings. The fourth-order valence-electron chi connectivity index (χ4n) is 5.31. The lowest BCUT2D eigenvalue weighted by molar-refractivity contribution is 0.0595. The van der Waals surface area contributed by atoms with Crippen molar-refractivity contribution in [2.75, 3.05) is 7.11 Å². The summed E-state index contributed by atoms with van der Waals surface area (Å²) >= 11 is 0. The quantitative estimate of drug-likeness (QED) is 0.585. The molecule has 0 radical (unpaired) electrons. The van der Waals surface area contributed by atoms with Gasteiger partial charge in [0.05, 0.1) is 12.7 Å². The van der Waals surface area contributed by atoms with E-state index in [4.69, 9.17) is 0 Å². The van der Waals surface area contributed by atoms with Crippen molar-refractivity contribution in [1.29, 1.82) is 0 Å². The summed E-state index contributed by atoms with van der Waals surface area (Å²) in [5.74, 6) is 0.663. The average Bonchev–Trinajstić information content (AvgIpc) is 2.67. The number of hydrogen-bond acceptors (Lipinski definition) is 2. The average molecular weight is 372 g/mol. The molecule has 2 nitrogen and oxygen atoms in total. The molecule has 0 aromatic heterocycles. The number of hydrogen-bond donors (Lipinski definition) is 0. The predicted octanol–water partition coefficient (Wildman–Crippen LogP) is 6.22. The molecule has 4 rings (SSSR count). The number of rotatable bonds is 2. The van der Waals surface area contributed by atoms with E-state index in [0.717, 1.165) is 37.2 Å². The number of methoxy groups -OCH3 is 1. The molecule has 0 bridgehead atoms. The molecule has 2 aromatic rings. The van der Waals surface area contributed by atoms with E-state index in [1.165, 1.54) is 32.4 Å². The van der Waals surface area contributed by atoms with Crippen LogP contribution in [-0.2, 0) is 4.74 Å². The minimum atomic E-state index is -0.747. The summed E-state index contributed by atoms with van der Waals surface area (Å²) in [6.07, 6.45) is 7.01. The molecule has 27 heavy (non-hydrogen) atoms. The number of fused-ring (bicyclic) bond motifs is 2. The maximum Gasteiger partial charge on any atom is 0.340 e. The van der Waals surface area contributed by atoms with Gasteiger partial charge in [0.1, 0.15) is 11.6 Å². The van der Waals surface area contributed by atoms with Crippen LogP contribution in [0.3, 0.4) is 0 Å². The Labute approximate surface area is 158 Å². The molecule has 4 atom stereocenters. The summed E-state index contributed by atoms with van der Waals surface area (Å²) < 4.78 is 34.2. The highest BCUT2D eigenvalue weighted by Gasteiger charge is 2.35. The second-order valence-corrected chi connectivity index (χ2v) is 8.46. The Kier molecular flexibility index (Phi) is 4.92. The van der Waals surface area contributed by atoms with Crippen LogP contribution in [0.4, 0.5) is 8.78 Å². The molecule has 0 heterocycles. The predicted molar refractivity (Wildman–Crippen MR) is 102 cm³/mol. The first-order chi connectivity index (χ1) is 13.0. The molecule has 0 aliphatic heterocycles. The molecule has 0 N–H and O–H groups in total. The number of carbonyl (C=O) groups is 1. The Morgan fingerprint density at radius 1 is 1.04 bits per heavy atom. The number of ether oxygens (including phenoxy) is 1. The lowest BCUT2D eigenvalue weighted by atomic mass is 9.64. The second kappa shape index (κ2) is 7.21. The molecule has 4 heteroatoms. The molecular formula is C23H26F2O2. The number of benzene rings is 2. The summed E-state index contributed by atoms with van der Waals surface area (Å²) in [5.41, 5.74) is 0.541. The number of carbonyl (C=O) groups excluding carboxylic acids is 1. The maximum absolute atomic E-state index is 15.3. The highest BCUT2D eigenvalue weighted by Crippen LogP contribution is 2.48. The van der Waals surface area contributed by atoms with Crippen LogP contribution in [0.25, 0.3) is 10.8 Å². The minimum Gasteiger partial charge on any atom is -0.465 e. The van der Waals surface area contributed by atoms with Gasteiger partial charge >= 0.3 is 5.97 Å². The Balaban J connectivity index is 1.65. The Morgan fingerprint density at radius 3 is 2.56 bits per heavy atom. The van der Waals surface area contributed by atoms with Gasteiger partial charge in [0.2, 0.25) is 0 Å². The van der Waals surface area contributed by atoms with Crippen LogP contribution in [0.15, 0.2) is 24.3 Å². The lowest BCUT2D eigenvalue weighted by Crippen LogP contribution is -2.29. The van der Waals surface area contributed by atoms with E-state index in [1.54, 1.807) is 6.07 Å². The first kappa shape index (κ1) is 18.4. The molecule has 2 saturated carbocycles. The third kappa shape index (κ3) is 3.35. The standard InChI is InChI=1S/C23H26F2O2/c1-13-3-4-15-10-16(6-5-14(15)9-13)18-8-7-17-11-20(23(26)27-2)21(24)12-19(17)22(18)25/h7-8,11-16H,3-6,9-10H2,1-2H3. The van der Waals surface area contributed by atoms with Crippen LogP contribution < -0.4 is 0 Å². The highest BCUT2D eigenvalue weighted by atomic mass is 19.1. The monoisotopic (exact) mass is 372 g/mol. The van der Waals surface area contributed by atoms with Crippen molar-refractivity contribution in [3.63, 3.8) is 0 Å². The zero-order valence-electron chi connectivity index (χ0n) is 15.9. The first-order valence-electron chi connectivity index (χ1n) is 9.98. The smallest absolute Gasteiger partial charge is 0.340 e. The molecule has 0 spiro atoms. The normalized spacial score (nSPS) is 28.0. The van der Waals surface area contributed by atoms with Crippen LogP contribution in [0.2, 0.25) is 0 Å². The Morgan fingerprint density at radius 2 is 1.78 bits per heavy atom. The summed E-state index contributed by atoms with van der Waals surface area (Å²) in [6, 6.07) is 6.14. The van der Waals surface area contributed by atoms with Crippen LogP contribution in [0, 0.1) is 29.4 Å². The van der Waals surface area contributed by atoms with Crippen LogP contribution in [-0.4, -0.2) is 13.1 Å². The van der Waals surface area contributed by atoms with Crippen LogP contribution in [0.1, 0.15) is 67.3 Å². The summed E-state index contributed by atoms with van der Waals surface area (Å²) in [7, 11) is 1.21. The molecule has 144 valence electrons. The van der Waals surface area contributed by atoms with E-state index >= 15 is 4.39 Å². The Bertz CT molecular complexity index is 876. The molecular weight excluding hydrogens is 346 g/mol. The third-order valence-electron chi connectivity index (χ3n) is 6.79. The van der Waals surface area contributed by atoms with Gasteiger partial charge in [-0.15, -0.1) is 0 Å². The summed E-state index contributed by atoms with van der Waals surface area (Å²) in [4.78, 5) is 11.7. The maximum atomic E-state index is 15.3. The SMILES string of the molecule is COC(=O)c1cc2ccc(C3CCC4CC(C)CCC4C3)c(F)c2cc1F. The van der Waals surface area contributed by atoms with Crippen molar-refractivity contribution in [2.24, 2.45) is 17.8 Å². The number of halogens is 2. The topological polar surface area (TPSA) is 26.3 Å². The molecule has 2 aliphatic carbocycles. The van der Waals surface area contributed by atoms with Crippen LogP contribution >= 0.6 is 0 Å². The van der Waals surface area contributed by atoms with Crippen molar-refractivity contribution >= 4 is 16.7 Å². The van der Waals surface area contributed by atoms with Crippen LogP contribution in [0.5, 0.6) is 0 Å².